The Balaban J connectivity index is 2.82. The first-order chi connectivity index (χ1) is 8.84. The standard InChI is InChI=1S/C13H10F3N3/c1-19(2)12-8(6-17)7-18-11-4-3-9(5-10(11)12)13(14,15)16/h3-5,7H,1-2H3. The first-order valence-electron chi connectivity index (χ1n) is 5.42. The number of hydrogen-bond donors (Lipinski definition) is 0. The number of anilines is 1. The van der Waals surface area contributed by atoms with Gasteiger partial charge in [-0.2, -0.15) is 18.4 Å². The van der Waals surface area contributed by atoms with Crippen LogP contribution in [0.4, 0.5) is 18.9 Å². The molecule has 2 rings (SSSR count). The van der Waals surface area contributed by atoms with Gasteiger partial charge in [-0.05, 0) is 18.2 Å². The van der Waals surface area contributed by atoms with Crippen molar-refractivity contribution in [2.24, 2.45) is 0 Å². The van der Waals surface area contributed by atoms with E-state index in [0.29, 0.717) is 16.6 Å². The highest BCUT2D eigenvalue weighted by Crippen LogP contribution is 2.34. The first kappa shape index (κ1) is 13.1. The molecule has 0 bridgehead atoms. The van der Waals surface area contributed by atoms with Crippen LogP contribution in [0.25, 0.3) is 10.9 Å². The average molecular weight is 265 g/mol. The Labute approximate surface area is 107 Å². The molecule has 0 radical (unpaired) electrons. The van der Waals surface area contributed by atoms with Crippen molar-refractivity contribution in [2.75, 3.05) is 19.0 Å². The lowest BCUT2D eigenvalue weighted by atomic mass is 10.1. The van der Waals surface area contributed by atoms with Crippen molar-refractivity contribution in [1.82, 2.24) is 4.98 Å². The zero-order valence-electron chi connectivity index (χ0n) is 10.3. The zero-order valence-corrected chi connectivity index (χ0v) is 10.3. The van der Waals surface area contributed by atoms with E-state index >= 15 is 0 Å². The summed E-state index contributed by atoms with van der Waals surface area (Å²) in [6.45, 7) is 0. The highest BCUT2D eigenvalue weighted by molar-refractivity contribution is 5.94. The maximum absolute atomic E-state index is 12.7. The lowest BCUT2D eigenvalue weighted by Gasteiger charge is -2.17. The van der Waals surface area contributed by atoms with E-state index in [1.54, 1.807) is 19.0 Å². The summed E-state index contributed by atoms with van der Waals surface area (Å²) in [5.41, 5.74) is 0.367. The van der Waals surface area contributed by atoms with Gasteiger partial charge in [0.1, 0.15) is 6.07 Å². The van der Waals surface area contributed by atoms with E-state index in [1.807, 2.05) is 6.07 Å². The fraction of sp³-hybridized carbons (Fsp3) is 0.231. The summed E-state index contributed by atoms with van der Waals surface area (Å²) in [5.74, 6) is 0. The maximum atomic E-state index is 12.7. The van der Waals surface area contributed by atoms with Crippen molar-refractivity contribution in [1.29, 1.82) is 5.26 Å². The van der Waals surface area contributed by atoms with Crippen molar-refractivity contribution in [2.45, 2.75) is 6.18 Å². The van der Waals surface area contributed by atoms with Gasteiger partial charge in [-0.3, -0.25) is 4.98 Å². The van der Waals surface area contributed by atoms with Crippen molar-refractivity contribution < 1.29 is 13.2 Å². The molecule has 1 aromatic heterocycles. The Morgan fingerprint density at radius 3 is 2.47 bits per heavy atom. The minimum Gasteiger partial charge on any atom is -0.376 e. The van der Waals surface area contributed by atoms with Gasteiger partial charge in [-0.15, -0.1) is 0 Å². The van der Waals surface area contributed by atoms with E-state index in [9.17, 15) is 13.2 Å². The third kappa shape index (κ3) is 2.32. The van der Waals surface area contributed by atoms with Gasteiger partial charge in [0.05, 0.1) is 22.3 Å². The summed E-state index contributed by atoms with van der Waals surface area (Å²) >= 11 is 0. The molecular formula is C13H10F3N3. The Morgan fingerprint density at radius 2 is 1.95 bits per heavy atom. The molecule has 2 aromatic rings. The first-order valence-corrected chi connectivity index (χ1v) is 5.42. The molecule has 0 aliphatic carbocycles. The van der Waals surface area contributed by atoms with Crippen LogP contribution in [0.1, 0.15) is 11.1 Å². The van der Waals surface area contributed by atoms with E-state index < -0.39 is 11.7 Å². The minimum atomic E-state index is -4.42. The second-order valence-corrected chi connectivity index (χ2v) is 4.26. The number of rotatable bonds is 1. The third-order valence-corrected chi connectivity index (χ3v) is 2.73. The average Bonchev–Trinajstić information content (AvgIpc) is 2.35. The number of benzene rings is 1. The van der Waals surface area contributed by atoms with Gasteiger partial charge in [0.2, 0.25) is 0 Å². The largest absolute Gasteiger partial charge is 0.416 e. The number of alkyl halides is 3. The van der Waals surface area contributed by atoms with Gasteiger partial charge in [0.25, 0.3) is 0 Å². The fourth-order valence-corrected chi connectivity index (χ4v) is 1.92. The topological polar surface area (TPSA) is 39.9 Å². The van der Waals surface area contributed by atoms with Crippen LogP contribution < -0.4 is 4.90 Å². The molecule has 0 saturated heterocycles. The molecule has 3 nitrogen and oxygen atoms in total. The van der Waals surface area contributed by atoms with Crippen molar-refractivity contribution >= 4 is 16.6 Å². The number of hydrogen-bond acceptors (Lipinski definition) is 3. The van der Waals surface area contributed by atoms with Crippen LogP contribution in [-0.2, 0) is 6.18 Å². The molecule has 0 atom stereocenters. The van der Waals surface area contributed by atoms with Gasteiger partial charge in [0, 0.05) is 25.7 Å². The van der Waals surface area contributed by atoms with Gasteiger partial charge in [-0.1, -0.05) is 0 Å². The van der Waals surface area contributed by atoms with Crippen molar-refractivity contribution in [3.8, 4) is 6.07 Å². The van der Waals surface area contributed by atoms with Crippen LogP contribution in [0, 0.1) is 11.3 Å². The van der Waals surface area contributed by atoms with Crippen LogP contribution in [0.5, 0.6) is 0 Å². The predicted octanol–water partition coefficient (Wildman–Crippen LogP) is 3.19. The Bertz CT molecular complexity index is 669. The molecule has 0 saturated carbocycles. The Hall–Kier alpha value is -2.29. The predicted molar refractivity (Wildman–Crippen MR) is 65.8 cm³/mol. The summed E-state index contributed by atoms with van der Waals surface area (Å²) < 4.78 is 38.2. The Kier molecular flexibility index (Phi) is 3.06. The van der Waals surface area contributed by atoms with Crippen LogP contribution in [0.2, 0.25) is 0 Å². The van der Waals surface area contributed by atoms with E-state index in [1.165, 1.54) is 12.3 Å². The molecule has 19 heavy (non-hydrogen) atoms. The monoisotopic (exact) mass is 265 g/mol. The molecule has 0 N–H and O–H groups in total. The van der Waals surface area contributed by atoms with Gasteiger partial charge in [0.15, 0.2) is 0 Å². The zero-order chi connectivity index (χ0) is 14.2. The molecule has 98 valence electrons. The quantitative estimate of drug-likeness (QED) is 0.795. The van der Waals surface area contributed by atoms with E-state index in [4.69, 9.17) is 5.26 Å². The second kappa shape index (κ2) is 4.43. The summed E-state index contributed by atoms with van der Waals surface area (Å²) in [6, 6.07) is 5.27. The molecule has 0 fully saturated rings. The maximum Gasteiger partial charge on any atom is 0.416 e. The van der Waals surface area contributed by atoms with Crippen LogP contribution >= 0.6 is 0 Å². The second-order valence-electron chi connectivity index (χ2n) is 4.26. The number of nitriles is 1. The minimum absolute atomic E-state index is 0.247. The lowest BCUT2D eigenvalue weighted by Crippen LogP contribution is -2.12. The third-order valence-electron chi connectivity index (χ3n) is 2.73. The van der Waals surface area contributed by atoms with Crippen molar-refractivity contribution in [3.05, 3.63) is 35.5 Å². The summed E-state index contributed by atoms with van der Waals surface area (Å²) in [4.78, 5) is 5.62. The number of nitrogens with zero attached hydrogens (tertiary/aromatic N) is 3. The highest BCUT2D eigenvalue weighted by atomic mass is 19.4. The summed E-state index contributed by atoms with van der Waals surface area (Å²) in [5, 5.41) is 9.34. The molecule has 0 amide bonds. The highest BCUT2D eigenvalue weighted by Gasteiger charge is 2.31. The number of aromatic nitrogens is 1. The molecule has 0 spiro atoms. The van der Waals surface area contributed by atoms with Gasteiger partial charge < -0.3 is 4.90 Å². The van der Waals surface area contributed by atoms with Gasteiger partial charge >= 0.3 is 6.18 Å². The van der Waals surface area contributed by atoms with Crippen LogP contribution in [0.3, 0.4) is 0 Å². The number of fused-ring (bicyclic) bond motifs is 1. The van der Waals surface area contributed by atoms with E-state index in [2.05, 4.69) is 4.98 Å². The molecular weight excluding hydrogens is 255 g/mol. The fourth-order valence-electron chi connectivity index (χ4n) is 1.92. The Morgan fingerprint density at radius 1 is 1.26 bits per heavy atom. The van der Waals surface area contributed by atoms with Crippen molar-refractivity contribution in [3.63, 3.8) is 0 Å². The normalized spacial score (nSPS) is 11.4. The lowest BCUT2D eigenvalue weighted by molar-refractivity contribution is -0.137. The molecule has 1 heterocycles. The molecule has 0 aliphatic rings. The van der Waals surface area contributed by atoms with E-state index in [-0.39, 0.29) is 5.56 Å². The number of halogens is 3. The molecule has 1 aromatic carbocycles. The molecule has 6 heteroatoms. The number of pyridine rings is 1. The van der Waals surface area contributed by atoms with E-state index in [0.717, 1.165) is 12.1 Å². The molecule has 0 unspecified atom stereocenters. The van der Waals surface area contributed by atoms with Gasteiger partial charge in [-0.25, -0.2) is 0 Å². The molecule has 0 aliphatic heterocycles. The smallest absolute Gasteiger partial charge is 0.376 e. The van der Waals surface area contributed by atoms with Crippen LogP contribution in [0.15, 0.2) is 24.4 Å². The SMILES string of the molecule is CN(C)c1c(C#N)cnc2ccc(C(F)(F)F)cc12. The summed E-state index contributed by atoms with van der Waals surface area (Å²) in [6.07, 6.45) is -3.05. The van der Waals surface area contributed by atoms with Crippen LogP contribution in [-0.4, -0.2) is 19.1 Å². The summed E-state index contributed by atoms with van der Waals surface area (Å²) in [7, 11) is 3.35.